The van der Waals surface area contributed by atoms with Crippen molar-refractivity contribution in [2.75, 3.05) is 13.7 Å². The van der Waals surface area contributed by atoms with E-state index in [2.05, 4.69) is 0 Å². The van der Waals surface area contributed by atoms with Gasteiger partial charge in [-0.05, 0) is 25.2 Å². The largest absolute Gasteiger partial charge is 0.469 e. The maximum absolute atomic E-state index is 11.9. The van der Waals surface area contributed by atoms with E-state index in [4.69, 9.17) is 8.92 Å². The topological polar surface area (TPSA) is 52.6 Å². The van der Waals surface area contributed by atoms with Crippen LogP contribution in [0.2, 0.25) is 0 Å². The van der Waals surface area contributed by atoms with E-state index < -0.39 is 11.1 Å². The Labute approximate surface area is 97.7 Å². The van der Waals surface area contributed by atoms with Crippen molar-refractivity contribution in [2.24, 2.45) is 17.8 Å². The molecular formula is C11H16O4S. The van der Waals surface area contributed by atoms with E-state index in [1.54, 1.807) is 6.92 Å². The molecule has 1 unspecified atom stereocenters. The summed E-state index contributed by atoms with van der Waals surface area (Å²) in [6, 6.07) is 0. The predicted octanol–water partition coefficient (Wildman–Crippen LogP) is 1.05. The molecule has 0 amide bonds. The van der Waals surface area contributed by atoms with Gasteiger partial charge < -0.3 is 4.74 Å². The van der Waals surface area contributed by atoms with Crippen LogP contribution in [0.25, 0.3) is 0 Å². The molecule has 0 saturated heterocycles. The molecule has 2 aliphatic carbocycles. The zero-order chi connectivity index (χ0) is 11.7. The summed E-state index contributed by atoms with van der Waals surface area (Å²) < 4.78 is 21.8. The third kappa shape index (κ3) is 1.82. The zero-order valence-electron chi connectivity index (χ0n) is 9.42. The van der Waals surface area contributed by atoms with Gasteiger partial charge in [0.15, 0.2) is 11.1 Å². The minimum absolute atomic E-state index is 0.173. The fourth-order valence-corrected chi connectivity index (χ4v) is 4.11. The molecule has 2 aliphatic rings. The van der Waals surface area contributed by atoms with E-state index in [0.29, 0.717) is 6.61 Å². The van der Waals surface area contributed by atoms with Crippen molar-refractivity contribution in [1.29, 1.82) is 0 Å². The van der Waals surface area contributed by atoms with Gasteiger partial charge >= 0.3 is 5.97 Å². The van der Waals surface area contributed by atoms with E-state index in [0.717, 1.165) is 6.42 Å². The Balaban J connectivity index is 2.18. The Morgan fingerprint density at radius 1 is 1.44 bits per heavy atom. The van der Waals surface area contributed by atoms with Crippen LogP contribution in [0.5, 0.6) is 0 Å². The van der Waals surface area contributed by atoms with Gasteiger partial charge in [0.25, 0.3) is 0 Å². The molecule has 0 radical (unpaired) electrons. The van der Waals surface area contributed by atoms with Gasteiger partial charge in [-0.2, -0.15) is 0 Å². The summed E-state index contributed by atoms with van der Waals surface area (Å²) in [6.07, 6.45) is 4.97. The second-order valence-electron chi connectivity index (χ2n) is 4.13. The molecule has 1 fully saturated rings. The van der Waals surface area contributed by atoms with Gasteiger partial charge in [-0.1, -0.05) is 12.2 Å². The summed E-state index contributed by atoms with van der Waals surface area (Å²) in [5, 5.41) is -0.234. The average Bonchev–Trinajstić information content (AvgIpc) is 2.87. The third-order valence-electron chi connectivity index (χ3n) is 3.32. The molecular weight excluding hydrogens is 228 g/mol. The van der Waals surface area contributed by atoms with Gasteiger partial charge in [-0.3, -0.25) is 8.98 Å². The standard InChI is InChI=1S/C11H16O4S/c1-3-15-16(13)10-8-5-4-7(6-8)9(10)11(12)14-2/h4-5,7-10H,3,6H2,1-2H3/t7-,8+,9+,10+,16?/m0/s1. The lowest BCUT2D eigenvalue weighted by Crippen LogP contribution is -2.36. The second-order valence-corrected chi connectivity index (χ2v) is 5.43. The molecule has 0 aromatic rings. The molecule has 5 heteroatoms. The lowest BCUT2D eigenvalue weighted by atomic mass is 9.93. The van der Waals surface area contributed by atoms with Crippen LogP contribution in [0, 0.1) is 17.8 Å². The first-order valence-electron chi connectivity index (χ1n) is 5.49. The van der Waals surface area contributed by atoms with Gasteiger partial charge in [0, 0.05) is 0 Å². The molecule has 0 spiro atoms. The number of methoxy groups -OCH3 is 1. The molecule has 0 aromatic carbocycles. The number of hydrogen-bond acceptors (Lipinski definition) is 4. The van der Waals surface area contributed by atoms with Crippen LogP contribution in [0.1, 0.15) is 13.3 Å². The fraction of sp³-hybridized carbons (Fsp3) is 0.727. The van der Waals surface area contributed by atoms with Crippen molar-refractivity contribution in [3.63, 3.8) is 0 Å². The van der Waals surface area contributed by atoms with Crippen LogP contribution in [0.4, 0.5) is 0 Å². The van der Waals surface area contributed by atoms with E-state index >= 15 is 0 Å². The van der Waals surface area contributed by atoms with Crippen LogP contribution in [-0.2, 0) is 24.8 Å². The fourth-order valence-electron chi connectivity index (χ4n) is 2.68. The highest BCUT2D eigenvalue weighted by atomic mass is 32.2. The molecule has 0 heterocycles. The smallest absolute Gasteiger partial charge is 0.310 e. The maximum Gasteiger partial charge on any atom is 0.310 e. The van der Waals surface area contributed by atoms with Gasteiger partial charge in [0.05, 0.1) is 24.9 Å². The van der Waals surface area contributed by atoms with Crippen molar-refractivity contribution in [1.82, 2.24) is 0 Å². The predicted molar refractivity (Wildman–Crippen MR) is 59.8 cm³/mol. The number of allylic oxidation sites excluding steroid dienone is 2. The summed E-state index contributed by atoms with van der Waals surface area (Å²) >= 11 is -1.40. The summed E-state index contributed by atoms with van der Waals surface area (Å²) in [5.74, 6) is -0.198. The van der Waals surface area contributed by atoms with E-state index in [1.807, 2.05) is 12.2 Å². The van der Waals surface area contributed by atoms with E-state index in [1.165, 1.54) is 7.11 Å². The number of carbonyl (C=O) groups excluding carboxylic acids is 1. The molecule has 2 rings (SSSR count). The Kier molecular flexibility index (Phi) is 3.44. The van der Waals surface area contributed by atoms with Crippen LogP contribution in [0.3, 0.4) is 0 Å². The Morgan fingerprint density at radius 2 is 2.12 bits per heavy atom. The third-order valence-corrected chi connectivity index (χ3v) is 4.87. The van der Waals surface area contributed by atoms with Crippen molar-refractivity contribution in [3.8, 4) is 0 Å². The summed E-state index contributed by atoms with van der Waals surface area (Å²) in [4.78, 5) is 11.7. The van der Waals surface area contributed by atoms with E-state index in [9.17, 15) is 9.00 Å². The molecule has 0 aliphatic heterocycles. The first kappa shape index (κ1) is 11.8. The number of ether oxygens (including phenoxy) is 1. The second kappa shape index (κ2) is 4.67. The van der Waals surface area contributed by atoms with Gasteiger partial charge in [-0.25, -0.2) is 4.21 Å². The Morgan fingerprint density at radius 3 is 2.75 bits per heavy atom. The highest BCUT2D eigenvalue weighted by Crippen LogP contribution is 2.46. The SMILES string of the molecule is CCOS(=O)[C@H]1[C@H](C(=O)OC)[C@H]2C=C[C@@H]1C2. The molecule has 0 aromatic heterocycles. The number of esters is 1. The summed E-state index contributed by atoms with van der Waals surface area (Å²) in [5.41, 5.74) is 0. The first-order valence-corrected chi connectivity index (χ1v) is 6.62. The monoisotopic (exact) mass is 244 g/mol. The first-order chi connectivity index (χ1) is 7.69. The average molecular weight is 244 g/mol. The molecule has 1 saturated carbocycles. The van der Waals surface area contributed by atoms with Crippen LogP contribution in [-0.4, -0.2) is 29.1 Å². The van der Waals surface area contributed by atoms with Crippen LogP contribution < -0.4 is 0 Å². The van der Waals surface area contributed by atoms with Crippen molar-refractivity contribution in [3.05, 3.63) is 12.2 Å². The molecule has 5 atom stereocenters. The highest BCUT2D eigenvalue weighted by Gasteiger charge is 2.52. The zero-order valence-corrected chi connectivity index (χ0v) is 10.2. The normalized spacial score (nSPS) is 37.6. The van der Waals surface area contributed by atoms with Crippen molar-refractivity contribution in [2.45, 2.75) is 18.6 Å². The minimum atomic E-state index is -1.40. The molecule has 90 valence electrons. The van der Waals surface area contributed by atoms with Gasteiger partial charge in [-0.15, -0.1) is 0 Å². The number of carbonyl (C=O) groups is 1. The Bertz CT molecular complexity index is 339. The summed E-state index contributed by atoms with van der Waals surface area (Å²) in [6.45, 7) is 2.20. The number of hydrogen-bond donors (Lipinski definition) is 0. The Hall–Kier alpha value is -0.680. The lowest BCUT2D eigenvalue weighted by Gasteiger charge is -2.24. The molecule has 0 N–H and O–H groups in total. The highest BCUT2D eigenvalue weighted by molar-refractivity contribution is 7.81. The maximum atomic E-state index is 11.9. The molecule has 16 heavy (non-hydrogen) atoms. The quantitative estimate of drug-likeness (QED) is 0.548. The van der Waals surface area contributed by atoms with Gasteiger partial charge in [0.2, 0.25) is 0 Å². The molecule has 4 nitrogen and oxygen atoms in total. The molecule has 2 bridgehead atoms. The summed E-state index contributed by atoms with van der Waals surface area (Å²) in [7, 11) is 1.37. The van der Waals surface area contributed by atoms with Crippen molar-refractivity contribution >= 4 is 17.0 Å². The lowest BCUT2D eigenvalue weighted by molar-refractivity contribution is -0.146. The van der Waals surface area contributed by atoms with Crippen LogP contribution in [0.15, 0.2) is 12.2 Å². The number of fused-ring (bicyclic) bond motifs is 2. The van der Waals surface area contributed by atoms with Crippen LogP contribution >= 0.6 is 0 Å². The number of rotatable bonds is 4. The van der Waals surface area contributed by atoms with Crippen molar-refractivity contribution < 1.29 is 17.9 Å². The minimum Gasteiger partial charge on any atom is -0.469 e. The van der Waals surface area contributed by atoms with E-state index in [-0.39, 0.29) is 29.0 Å². The van der Waals surface area contributed by atoms with Gasteiger partial charge in [0.1, 0.15) is 0 Å².